The van der Waals surface area contributed by atoms with Crippen LogP contribution in [0.3, 0.4) is 0 Å². The third-order valence-electron chi connectivity index (χ3n) is 1.73. The molecule has 0 bridgehead atoms. The number of imidazole rings is 1. The number of aryl methyl sites for hydroxylation is 2. The molecule has 12 heavy (non-hydrogen) atoms. The van der Waals surface area contributed by atoms with Gasteiger partial charge in [0, 0.05) is 50.9 Å². The van der Waals surface area contributed by atoms with Crippen molar-refractivity contribution in [1.29, 1.82) is 0 Å². The van der Waals surface area contributed by atoms with Crippen LogP contribution in [0.5, 0.6) is 0 Å². The summed E-state index contributed by atoms with van der Waals surface area (Å²) >= 11 is 0. The number of fused-ring (bicyclic) bond motifs is 1. The van der Waals surface area contributed by atoms with E-state index in [-0.39, 0.29) is 32.7 Å². The molecule has 0 aromatic carbocycles. The molecule has 0 atom stereocenters. The van der Waals surface area contributed by atoms with Crippen LogP contribution < -0.4 is 0 Å². The van der Waals surface area contributed by atoms with Gasteiger partial charge in [-0.25, -0.2) is 0 Å². The molecule has 0 fully saturated rings. The van der Waals surface area contributed by atoms with E-state index in [9.17, 15) is 0 Å². The van der Waals surface area contributed by atoms with E-state index in [2.05, 4.69) is 16.2 Å². The van der Waals surface area contributed by atoms with Crippen LogP contribution in [0.2, 0.25) is 0 Å². The topological polar surface area (TPSA) is 30.7 Å². The molecule has 0 amide bonds. The smallest absolute Gasteiger partial charge is 0.0832 e. The van der Waals surface area contributed by atoms with Gasteiger partial charge in [0.05, 0.1) is 6.33 Å². The van der Waals surface area contributed by atoms with Gasteiger partial charge >= 0.3 is 0 Å². The average Bonchev–Trinajstić information content (AvgIpc) is 2.35. The summed E-state index contributed by atoms with van der Waals surface area (Å²) in [7, 11) is 1.93. The minimum Gasteiger partial charge on any atom is -0.372 e. The second kappa shape index (κ2) is 3.63. The summed E-state index contributed by atoms with van der Waals surface area (Å²) in [5.74, 6) is 0. The summed E-state index contributed by atoms with van der Waals surface area (Å²) in [5, 5.41) is 0. The molecule has 1 radical (unpaired) electrons. The summed E-state index contributed by atoms with van der Waals surface area (Å²) in [6.45, 7) is 2.01. The van der Waals surface area contributed by atoms with E-state index in [1.54, 1.807) is 6.33 Å². The third-order valence-corrected chi connectivity index (χ3v) is 1.73. The second-order valence-corrected chi connectivity index (χ2v) is 2.60. The van der Waals surface area contributed by atoms with Crippen molar-refractivity contribution in [3.05, 3.63) is 24.2 Å². The zero-order chi connectivity index (χ0) is 7.84. The van der Waals surface area contributed by atoms with E-state index in [0.29, 0.717) is 0 Å². The zero-order valence-electron chi connectivity index (χ0n) is 7.07. The first-order chi connectivity index (χ1) is 5.29. The van der Waals surface area contributed by atoms with Crippen LogP contribution in [0.15, 0.2) is 12.4 Å². The van der Waals surface area contributed by atoms with Crippen LogP contribution in [0, 0.1) is 13.1 Å². The first kappa shape index (κ1) is 9.81. The number of pyridine rings is 1. The largest absolute Gasteiger partial charge is 0.372 e. The number of aromatic nitrogens is 3. The van der Waals surface area contributed by atoms with Gasteiger partial charge in [-0.1, -0.05) is 13.1 Å². The molecule has 0 spiro atoms. The van der Waals surface area contributed by atoms with E-state index in [4.69, 9.17) is 0 Å². The van der Waals surface area contributed by atoms with Crippen LogP contribution >= 0.6 is 0 Å². The monoisotopic (exact) mass is 235 g/mol. The minimum atomic E-state index is 0. The Hall–Kier alpha value is -0.276. The molecule has 59 valence electrons. The molecular formula is C8H8N3Y-. The molecule has 0 unspecified atom stereocenters. The molecule has 0 aliphatic heterocycles. The van der Waals surface area contributed by atoms with Crippen molar-refractivity contribution in [2.24, 2.45) is 7.05 Å². The Balaban J connectivity index is 0.000000720. The van der Waals surface area contributed by atoms with Crippen molar-refractivity contribution in [1.82, 2.24) is 14.5 Å². The molecule has 0 aliphatic rings. The van der Waals surface area contributed by atoms with Gasteiger partial charge in [-0.2, -0.15) is 6.07 Å². The van der Waals surface area contributed by atoms with Gasteiger partial charge in [0.1, 0.15) is 0 Å². The van der Waals surface area contributed by atoms with Gasteiger partial charge in [-0.3, -0.25) is 4.98 Å². The Bertz CT molecular complexity index is 394. The van der Waals surface area contributed by atoms with Crippen LogP contribution in [-0.2, 0) is 39.8 Å². The molecule has 0 N–H and O–H groups in total. The van der Waals surface area contributed by atoms with Gasteiger partial charge in [0.2, 0.25) is 0 Å². The van der Waals surface area contributed by atoms with Gasteiger partial charge in [-0.05, 0) is 0 Å². The zero-order valence-corrected chi connectivity index (χ0v) is 9.91. The average molecular weight is 235 g/mol. The van der Waals surface area contributed by atoms with E-state index in [0.717, 1.165) is 16.7 Å². The van der Waals surface area contributed by atoms with Crippen LogP contribution in [-0.4, -0.2) is 14.5 Å². The van der Waals surface area contributed by atoms with Gasteiger partial charge in [-0.15, -0.1) is 5.56 Å². The predicted octanol–water partition coefficient (Wildman–Crippen LogP) is 1.07. The van der Waals surface area contributed by atoms with Crippen molar-refractivity contribution in [2.75, 3.05) is 0 Å². The standard InChI is InChI=1S/C8H8N3.Y/c1-6-3-4-9-8-7(6)10-5-11(8)2;/h3,5H,1-2H3;/q-1;. The maximum Gasteiger partial charge on any atom is 0.0832 e. The number of hydrogen-bond acceptors (Lipinski definition) is 2. The predicted molar refractivity (Wildman–Crippen MR) is 42.1 cm³/mol. The van der Waals surface area contributed by atoms with E-state index >= 15 is 0 Å². The van der Waals surface area contributed by atoms with Crippen LogP contribution in [0.25, 0.3) is 11.2 Å². The SMILES string of the molecule is Cc1c[c-]nc2c1ncn2C.[Y]. The molecule has 0 saturated heterocycles. The Morgan fingerprint density at radius 1 is 1.50 bits per heavy atom. The maximum absolute atomic E-state index is 4.20. The van der Waals surface area contributed by atoms with Crippen LogP contribution in [0.4, 0.5) is 0 Å². The number of rotatable bonds is 0. The fraction of sp³-hybridized carbons (Fsp3) is 0.250. The van der Waals surface area contributed by atoms with Gasteiger partial charge in [0.15, 0.2) is 0 Å². The Morgan fingerprint density at radius 2 is 2.25 bits per heavy atom. The quantitative estimate of drug-likeness (QED) is 0.639. The third kappa shape index (κ3) is 1.43. The molecular weight excluding hydrogens is 227 g/mol. The minimum absolute atomic E-state index is 0. The summed E-state index contributed by atoms with van der Waals surface area (Å²) in [6, 6.07) is 1.84. The van der Waals surface area contributed by atoms with E-state index in [1.807, 2.05) is 24.6 Å². The number of nitrogens with zero attached hydrogens (tertiary/aromatic N) is 3. The fourth-order valence-electron chi connectivity index (χ4n) is 1.09. The van der Waals surface area contributed by atoms with Crippen molar-refractivity contribution in [3.63, 3.8) is 0 Å². The van der Waals surface area contributed by atoms with Gasteiger partial charge < -0.3 is 9.55 Å². The Morgan fingerprint density at radius 3 is 2.92 bits per heavy atom. The summed E-state index contributed by atoms with van der Waals surface area (Å²) in [6.07, 6.45) is 4.58. The summed E-state index contributed by atoms with van der Waals surface area (Å²) in [4.78, 5) is 8.28. The van der Waals surface area contributed by atoms with Crippen molar-refractivity contribution < 1.29 is 32.7 Å². The molecule has 2 aromatic rings. The van der Waals surface area contributed by atoms with Crippen molar-refractivity contribution in [2.45, 2.75) is 6.92 Å². The molecule has 4 heteroatoms. The molecule has 2 rings (SSSR count). The Kier molecular flexibility index (Phi) is 2.96. The van der Waals surface area contributed by atoms with Crippen molar-refractivity contribution >= 4 is 11.2 Å². The normalized spacial score (nSPS) is 9.83. The van der Waals surface area contributed by atoms with Crippen molar-refractivity contribution in [3.8, 4) is 0 Å². The van der Waals surface area contributed by atoms with Gasteiger partial charge in [0.25, 0.3) is 0 Å². The number of hydrogen-bond donors (Lipinski definition) is 0. The molecule has 2 heterocycles. The molecule has 0 aliphatic carbocycles. The maximum atomic E-state index is 4.20. The molecule has 0 saturated carbocycles. The summed E-state index contributed by atoms with van der Waals surface area (Å²) < 4.78 is 1.89. The molecule has 3 nitrogen and oxygen atoms in total. The van der Waals surface area contributed by atoms with Crippen LogP contribution in [0.1, 0.15) is 5.56 Å². The van der Waals surface area contributed by atoms with E-state index in [1.165, 1.54) is 0 Å². The first-order valence-electron chi connectivity index (χ1n) is 3.44. The second-order valence-electron chi connectivity index (χ2n) is 2.60. The van der Waals surface area contributed by atoms with E-state index < -0.39 is 0 Å². The first-order valence-corrected chi connectivity index (χ1v) is 3.44. The Labute approximate surface area is 96.1 Å². The fourth-order valence-corrected chi connectivity index (χ4v) is 1.09. The summed E-state index contributed by atoms with van der Waals surface area (Å²) in [5.41, 5.74) is 2.98. The molecule has 2 aromatic heterocycles.